The third-order valence-electron chi connectivity index (χ3n) is 3.83. The minimum absolute atomic E-state index is 0.189. The van der Waals surface area contributed by atoms with Crippen molar-refractivity contribution in [1.29, 1.82) is 0 Å². The molecular weight excluding hydrogens is 303 g/mol. The maximum atomic E-state index is 10.5. The van der Waals surface area contributed by atoms with Crippen molar-refractivity contribution < 1.29 is 4.79 Å². The van der Waals surface area contributed by atoms with Crippen molar-refractivity contribution in [2.24, 2.45) is 0 Å². The van der Waals surface area contributed by atoms with E-state index in [-0.39, 0.29) is 5.24 Å². The van der Waals surface area contributed by atoms with Crippen LogP contribution in [0.4, 0.5) is 0 Å². The standard InChI is InChI=1S/C18H32Cl2O/c19-17-15-13-11-9-7-5-3-1-2-4-6-8-10-12-14-16-18(20)21/h15,17H,1-14,16H2. The molecule has 0 heterocycles. The summed E-state index contributed by atoms with van der Waals surface area (Å²) in [5, 5.41) is -0.189. The molecule has 0 N–H and O–H groups in total. The van der Waals surface area contributed by atoms with Crippen LogP contribution in [0.25, 0.3) is 0 Å². The summed E-state index contributed by atoms with van der Waals surface area (Å²) < 4.78 is 0. The molecule has 0 aromatic rings. The molecule has 0 amide bonds. The van der Waals surface area contributed by atoms with Crippen LogP contribution >= 0.6 is 23.2 Å². The van der Waals surface area contributed by atoms with Gasteiger partial charge in [-0.3, -0.25) is 4.79 Å². The highest BCUT2D eigenvalue weighted by molar-refractivity contribution is 6.63. The van der Waals surface area contributed by atoms with Gasteiger partial charge in [0, 0.05) is 12.0 Å². The second-order valence-electron chi connectivity index (χ2n) is 5.85. The Balaban J connectivity index is 2.98. The van der Waals surface area contributed by atoms with Crippen molar-refractivity contribution in [2.45, 2.75) is 96.3 Å². The summed E-state index contributed by atoms with van der Waals surface area (Å²) in [6, 6.07) is 0. The Morgan fingerprint density at radius 3 is 1.43 bits per heavy atom. The molecule has 21 heavy (non-hydrogen) atoms. The predicted octanol–water partition coefficient (Wildman–Crippen LogP) is 7.36. The molecule has 0 radical (unpaired) electrons. The average molecular weight is 335 g/mol. The van der Waals surface area contributed by atoms with E-state index in [1.54, 1.807) is 5.54 Å². The van der Waals surface area contributed by atoms with Crippen LogP contribution in [0.1, 0.15) is 96.3 Å². The lowest BCUT2D eigenvalue weighted by Crippen LogP contribution is -1.86. The first-order valence-corrected chi connectivity index (χ1v) is 9.52. The molecular formula is C18H32Cl2O. The molecule has 124 valence electrons. The normalized spacial score (nSPS) is 11.3. The van der Waals surface area contributed by atoms with E-state index in [0.717, 1.165) is 19.3 Å². The van der Waals surface area contributed by atoms with E-state index in [4.69, 9.17) is 23.2 Å². The van der Waals surface area contributed by atoms with Crippen molar-refractivity contribution in [2.75, 3.05) is 0 Å². The summed E-state index contributed by atoms with van der Waals surface area (Å²) in [7, 11) is 0. The van der Waals surface area contributed by atoms with Crippen LogP contribution in [0.2, 0.25) is 0 Å². The lowest BCUT2D eigenvalue weighted by Gasteiger charge is -2.02. The van der Waals surface area contributed by atoms with Gasteiger partial charge in [-0.25, -0.2) is 0 Å². The fourth-order valence-electron chi connectivity index (χ4n) is 2.53. The molecule has 0 aliphatic carbocycles. The van der Waals surface area contributed by atoms with Gasteiger partial charge < -0.3 is 0 Å². The van der Waals surface area contributed by atoms with Gasteiger partial charge >= 0.3 is 0 Å². The number of carbonyl (C=O) groups excluding carboxylic acids is 1. The van der Waals surface area contributed by atoms with E-state index in [2.05, 4.69) is 0 Å². The Kier molecular flexibility index (Phi) is 18.0. The number of halogens is 2. The Morgan fingerprint density at radius 1 is 0.667 bits per heavy atom. The van der Waals surface area contributed by atoms with E-state index in [9.17, 15) is 4.79 Å². The molecule has 0 atom stereocenters. The molecule has 0 aromatic carbocycles. The summed E-state index contributed by atoms with van der Waals surface area (Å²) in [5.74, 6) is 0. The minimum atomic E-state index is -0.189. The average Bonchev–Trinajstić information content (AvgIpc) is 2.46. The molecule has 0 unspecified atom stereocenters. The first-order chi connectivity index (χ1) is 10.3. The first kappa shape index (κ1) is 21.0. The highest BCUT2D eigenvalue weighted by Gasteiger charge is 1.96. The Hall–Kier alpha value is -0.0100. The topological polar surface area (TPSA) is 17.1 Å². The third-order valence-corrected chi connectivity index (χ3v) is 4.20. The van der Waals surface area contributed by atoms with Gasteiger partial charge in [0.25, 0.3) is 0 Å². The maximum Gasteiger partial charge on any atom is 0.221 e. The number of rotatable bonds is 16. The molecule has 0 rings (SSSR count). The van der Waals surface area contributed by atoms with Crippen molar-refractivity contribution in [3.63, 3.8) is 0 Å². The largest absolute Gasteiger partial charge is 0.281 e. The van der Waals surface area contributed by atoms with Gasteiger partial charge in [-0.05, 0) is 30.9 Å². The number of allylic oxidation sites excluding steroid dienone is 1. The molecule has 0 aromatic heterocycles. The van der Waals surface area contributed by atoms with Gasteiger partial charge in [0.05, 0.1) is 0 Å². The van der Waals surface area contributed by atoms with E-state index in [1.165, 1.54) is 70.6 Å². The monoisotopic (exact) mass is 334 g/mol. The molecule has 0 spiro atoms. The van der Waals surface area contributed by atoms with Gasteiger partial charge in [-0.1, -0.05) is 88.3 Å². The van der Waals surface area contributed by atoms with Crippen molar-refractivity contribution in [1.82, 2.24) is 0 Å². The van der Waals surface area contributed by atoms with E-state index in [0.29, 0.717) is 6.42 Å². The van der Waals surface area contributed by atoms with E-state index < -0.39 is 0 Å². The van der Waals surface area contributed by atoms with E-state index >= 15 is 0 Å². The second-order valence-corrected chi connectivity index (χ2v) is 6.53. The molecule has 0 saturated carbocycles. The molecule has 0 aliphatic heterocycles. The summed E-state index contributed by atoms with van der Waals surface area (Å²) in [6.45, 7) is 0. The van der Waals surface area contributed by atoms with Crippen LogP contribution < -0.4 is 0 Å². The maximum absolute atomic E-state index is 10.5. The summed E-state index contributed by atoms with van der Waals surface area (Å²) in [5.41, 5.74) is 1.62. The number of hydrogen-bond acceptors (Lipinski definition) is 1. The summed E-state index contributed by atoms with van der Waals surface area (Å²) >= 11 is 10.8. The van der Waals surface area contributed by atoms with Crippen molar-refractivity contribution in [3.8, 4) is 0 Å². The lowest BCUT2D eigenvalue weighted by atomic mass is 10.0. The first-order valence-electron chi connectivity index (χ1n) is 8.71. The highest BCUT2D eigenvalue weighted by atomic mass is 35.5. The Labute approximate surface area is 141 Å². The SMILES string of the molecule is O=C(Cl)CCCCCCCCCCCCCCCC=CCl. The highest BCUT2D eigenvalue weighted by Crippen LogP contribution is 2.13. The van der Waals surface area contributed by atoms with E-state index in [1.807, 2.05) is 6.08 Å². The van der Waals surface area contributed by atoms with Crippen molar-refractivity contribution >= 4 is 28.4 Å². The fraction of sp³-hybridized carbons (Fsp3) is 0.833. The van der Waals surface area contributed by atoms with Crippen LogP contribution in [0.3, 0.4) is 0 Å². The van der Waals surface area contributed by atoms with Gasteiger partial charge in [-0.2, -0.15) is 0 Å². The third kappa shape index (κ3) is 20.0. The van der Waals surface area contributed by atoms with Gasteiger partial charge in [0.15, 0.2) is 0 Å². The van der Waals surface area contributed by atoms with Gasteiger partial charge in [-0.15, -0.1) is 0 Å². The molecule has 0 bridgehead atoms. The zero-order chi connectivity index (χ0) is 15.6. The second kappa shape index (κ2) is 18.0. The number of unbranched alkanes of at least 4 members (excludes halogenated alkanes) is 13. The molecule has 1 nitrogen and oxygen atoms in total. The summed E-state index contributed by atoms with van der Waals surface area (Å²) in [4.78, 5) is 10.5. The van der Waals surface area contributed by atoms with Crippen LogP contribution in [0.15, 0.2) is 11.6 Å². The quantitative estimate of drug-likeness (QED) is 0.213. The molecule has 0 aliphatic rings. The van der Waals surface area contributed by atoms with Crippen LogP contribution in [-0.2, 0) is 4.79 Å². The van der Waals surface area contributed by atoms with Gasteiger partial charge in [0.2, 0.25) is 5.24 Å². The van der Waals surface area contributed by atoms with Crippen LogP contribution in [0, 0.1) is 0 Å². The smallest absolute Gasteiger partial charge is 0.221 e. The van der Waals surface area contributed by atoms with Gasteiger partial charge in [0.1, 0.15) is 0 Å². The zero-order valence-corrected chi connectivity index (χ0v) is 14.9. The van der Waals surface area contributed by atoms with Crippen LogP contribution in [-0.4, -0.2) is 5.24 Å². The van der Waals surface area contributed by atoms with Crippen molar-refractivity contribution in [3.05, 3.63) is 11.6 Å². The zero-order valence-electron chi connectivity index (χ0n) is 13.4. The molecule has 0 fully saturated rings. The molecule has 0 saturated heterocycles. The Morgan fingerprint density at radius 2 is 1.05 bits per heavy atom. The Bertz CT molecular complexity index is 252. The predicted molar refractivity (Wildman–Crippen MR) is 95.1 cm³/mol. The molecule has 3 heteroatoms. The lowest BCUT2D eigenvalue weighted by molar-refractivity contribution is -0.111. The number of hydrogen-bond donors (Lipinski definition) is 0. The van der Waals surface area contributed by atoms with Crippen LogP contribution in [0.5, 0.6) is 0 Å². The summed E-state index contributed by atoms with van der Waals surface area (Å²) in [6.07, 6.45) is 20.6. The number of carbonyl (C=O) groups is 1. The fourth-order valence-corrected chi connectivity index (χ4v) is 2.79. The minimum Gasteiger partial charge on any atom is -0.281 e.